The molecule has 1 aliphatic rings. The highest BCUT2D eigenvalue weighted by atomic mass is 16.3. The van der Waals surface area contributed by atoms with Gasteiger partial charge in [-0.15, -0.1) is 0 Å². The topological polar surface area (TPSA) is 77.6 Å². The number of hydrazone groups is 1. The lowest BCUT2D eigenvalue weighted by molar-refractivity contribution is -0.118. The summed E-state index contributed by atoms with van der Waals surface area (Å²) in [5.74, 6) is -0.643. The fourth-order valence-electron chi connectivity index (χ4n) is 4.07. The Balaban J connectivity index is 1.58. The van der Waals surface area contributed by atoms with E-state index in [1.807, 2.05) is 97.9 Å². The highest BCUT2D eigenvalue weighted by Gasteiger charge is 2.38. The van der Waals surface area contributed by atoms with E-state index in [9.17, 15) is 9.90 Å². The van der Waals surface area contributed by atoms with Crippen LogP contribution in [0.1, 0.15) is 18.1 Å². The standard InChI is InChI=1S/C30H24N4O2/c1-21-28(30(36)34(33-21)24-15-6-3-7-16-24)29(22-12-4-2-5-13-22)32-26-18-10-9-17-25(26)31-20-23-14-8-11-19-27(23)35/h2-20,28,35H,1H3. The van der Waals surface area contributed by atoms with Gasteiger partial charge in [0.2, 0.25) is 0 Å². The summed E-state index contributed by atoms with van der Waals surface area (Å²) in [6.07, 6.45) is 1.61. The normalized spacial score (nSPS) is 16.0. The zero-order valence-electron chi connectivity index (χ0n) is 19.7. The predicted octanol–water partition coefficient (Wildman–Crippen LogP) is 6.30. The molecule has 6 nitrogen and oxygen atoms in total. The van der Waals surface area contributed by atoms with Crippen molar-refractivity contribution in [3.63, 3.8) is 0 Å². The quantitative estimate of drug-likeness (QED) is 0.334. The molecule has 1 unspecified atom stereocenters. The number of carbonyl (C=O) groups is 1. The van der Waals surface area contributed by atoms with Crippen LogP contribution in [-0.4, -0.2) is 28.7 Å². The zero-order chi connectivity index (χ0) is 24.9. The molecule has 36 heavy (non-hydrogen) atoms. The van der Waals surface area contributed by atoms with Crippen molar-refractivity contribution in [1.29, 1.82) is 0 Å². The molecule has 176 valence electrons. The van der Waals surface area contributed by atoms with E-state index in [-0.39, 0.29) is 11.7 Å². The third-order valence-electron chi connectivity index (χ3n) is 5.88. The number of phenolic OH excluding ortho intramolecular Hbond substituents is 1. The van der Waals surface area contributed by atoms with Gasteiger partial charge in [-0.3, -0.25) is 9.79 Å². The molecule has 0 fully saturated rings. The third-order valence-corrected chi connectivity index (χ3v) is 5.88. The Morgan fingerprint density at radius 2 is 1.44 bits per heavy atom. The van der Waals surface area contributed by atoms with E-state index in [0.29, 0.717) is 34.0 Å². The number of benzene rings is 4. The summed E-state index contributed by atoms with van der Waals surface area (Å²) >= 11 is 0. The van der Waals surface area contributed by atoms with Crippen LogP contribution in [0.15, 0.2) is 124 Å². The number of hydrogen-bond acceptors (Lipinski definition) is 5. The number of hydrogen-bond donors (Lipinski definition) is 1. The predicted molar refractivity (Wildman–Crippen MR) is 145 cm³/mol. The molecule has 4 aromatic rings. The Morgan fingerprint density at radius 3 is 2.17 bits per heavy atom. The molecular weight excluding hydrogens is 448 g/mol. The van der Waals surface area contributed by atoms with Gasteiger partial charge in [0, 0.05) is 11.8 Å². The van der Waals surface area contributed by atoms with Crippen LogP contribution in [-0.2, 0) is 4.79 Å². The average molecular weight is 473 g/mol. The maximum Gasteiger partial charge on any atom is 0.262 e. The van der Waals surface area contributed by atoms with E-state index in [0.717, 1.165) is 5.56 Å². The second-order valence-electron chi connectivity index (χ2n) is 8.33. The summed E-state index contributed by atoms with van der Waals surface area (Å²) in [5.41, 5.74) is 4.65. The molecule has 5 rings (SSSR count). The molecule has 1 N–H and O–H groups in total. The molecule has 0 radical (unpaired) electrons. The SMILES string of the molecule is CC1=NN(c2ccccc2)C(=O)C1C(=Nc1ccccc1N=Cc1ccccc1O)c1ccccc1. The second-order valence-corrected chi connectivity index (χ2v) is 8.33. The van der Waals surface area contributed by atoms with E-state index in [1.54, 1.807) is 24.4 Å². The summed E-state index contributed by atoms with van der Waals surface area (Å²) in [6.45, 7) is 1.85. The van der Waals surface area contributed by atoms with Gasteiger partial charge in [-0.05, 0) is 48.9 Å². The van der Waals surface area contributed by atoms with Crippen molar-refractivity contribution in [1.82, 2.24) is 0 Å². The monoisotopic (exact) mass is 472 g/mol. The van der Waals surface area contributed by atoms with Gasteiger partial charge in [-0.2, -0.15) is 10.1 Å². The number of phenols is 1. The van der Waals surface area contributed by atoms with Crippen molar-refractivity contribution < 1.29 is 9.90 Å². The number of para-hydroxylation sites is 4. The number of nitrogens with zero attached hydrogens (tertiary/aromatic N) is 4. The van der Waals surface area contributed by atoms with E-state index in [2.05, 4.69) is 10.1 Å². The van der Waals surface area contributed by atoms with E-state index in [1.165, 1.54) is 5.01 Å². The first-order chi connectivity index (χ1) is 17.6. The minimum absolute atomic E-state index is 0.150. The molecule has 0 saturated carbocycles. The molecule has 0 aromatic heterocycles. The van der Waals surface area contributed by atoms with Gasteiger partial charge in [0.25, 0.3) is 5.91 Å². The number of carbonyl (C=O) groups excluding carboxylic acids is 1. The van der Waals surface area contributed by atoms with Crippen molar-refractivity contribution in [2.24, 2.45) is 21.0 Å². The molecule has 1 heterocycles. The highest BCUT2D eigenvalue weighted by Crippen LogP contribution is 2.32. The van der Waals surface area contributed by atoms with E-state index < -0.39 is 5.92 Å². The summed E-state index contributed by atoms with van der Waals surface area (Å²) in [6, 6.07) is 33.5. The zero-order valence-corrected chi connectivity index (χ0v) is 19.7. The molecule has 1 amide bonds. The van der Waals surface area contributed by atoms with Crippen LogP contribution in [0.4, 0.5) is 17.1 Å². The Hall–Kier alpha value is -4.84. The minimum Gasteiger partial charge on any atom is -0.507 e. The number of amides is 1. The first-order valence-corrected chi connectivity index (χ1v) is 11.6. The Labute approximate surface area is 209 Å². The van der Waals surface area contributed by atoms with Gasteiger partial charge in [-0.25, -0.2) is 4.99 Å². The van der Waals surface area contributed by atoms with Gasteiger partial charge < -0.3 is 5.11 Å². The molecule has 1 aliphatic heterocycles. The second kappa shape index (κ2) is 10.2. The largest absolute Gasteiger partial charge is 0.507 e. The lowest BCUT2D eigenvalue weighted by atomic mass is 9.92. The van der Waals surface area contributed by atoms with Crippen LogP contribution in [0.2, 0.25) is 0 Å². The fraction of sp³-hybridized carbons (Fsp3) is 0.0667. The third kappa shape index (κ3) is 4.70. The Morgan fingerprint density at radius 1 is 0.833 bits per heavy atom. The van der Waals surface area contributed by atoms with Gasteiger partial charge in [0.05, 0.1) is 28.5 Å². The van der Waals surface area contributed by atoms with Gasteiger partial charge in [-0.1, -0.05) is 72.8 Å². The van der Waals surface area contributed by atoms with Gasteiger partial charge in [0.1, 0.15) is 11.7 Å². The van der Waals surface area contributed by atoms with Crippen LogP contribution in [0, 0.1) is 5.92 Å². The van der Waals surface area contributed by atoms with Crippen LogP contribution < -0.4 is 5.01 Å². The summed E-state index contributed by atoms with van der Waals surface area (Å²) < 4.78 is 0. The summed E-state index contributed by atoms with van der Waals surface area (Å²) in [4.78, 5) is 23.2. The molecular formula is C30H24N4O2. The fourth-order valence-corrected chi connectivity index (χ4v) is 4.07. The maximum absolute atomic E-state index is 13.6. The van der Waals surface area contributed by atoms with E-state index in [4.69, 9.17) is 4.99 Å². The van der Waals surface area contributed by atoms with Crippen molar-refractivity contribution in [3.05, 3.63) is 120 Å². The van der Waals surface area contributed by atoms with E-state index >= 15 is 0 Å². The van der Waals surface area contributed by atoms with Crippen molar-refractivity contribution >= 4 is 40.6 Å². The lowest BCUT2D eigenvalue weighted by Crippen LogP contribution is -2.33. The highest BCUT2D eigenvalue weighted by molar-refractivity contribution is 6.32. The van der Waals surface area contributed by atoms with Crippen molar-refractivity contribution in [2.45, 2.75) is 6.92 Å². The smallest absolute Gasteiger partial charge is 0.262 e. The number of aliphatic imine (C=N–C) groups is 2. The van der Waals surface area contributed by atoms with Gasteiger partial charge in [0.15, 0.2) is 0 Å². The van der Waals surface area contributed by atoms with Crippen LogP contribution in [0.25, 0.3) is 0 Å². The molecule has 0 saturated heterocycles. The van der Waals surface area contributed by atoms with Crippen LogP contribution in [0.5, 0.6) is 5.75 Å². The first kappa shape index (κ1) is 22.9. The van der Waals surface area contributed by atoms with Crippen LogP contribution >= 0.6 is 0 Å². The molecule has 0 spiro atoms. The first-order valence-electron chi connectivity index (χ1n) is 11.6. The molecule has 6 heteroatoms. The Bertz CT molecular complexity index is 1480. The number of aromatic hydroxyl groups is 1. The van der Waals surface area contributed by atoms with Gasteiger partial charge >= 0.3 is 0 Å². The average Bonchev–Trinajstić information content (AvgIpc) is 3.22. The summed E-state index contributed by atoms with van der Waals surface area (Å²) in [7, 11) is 0. The Kier molecular flexibility index (Phi) is 6.49. The number of rotatable bonds is 6. The van der Waals surface area contributed by atoms with Crippen LogP contribution in [0.3, 0.4) is 0 Å². The minimum atomic E-state index is -0.636. The summed E-state index contributed by atoms with van der Waals surface area (Å²) in [5, 5.41) is 16.1. The lowest BCUT2D eigenvalue weighted by Gasteiger charge is -2.17. The molecule has 1 atom stereocenters. The molecule has 0 bridgehead atoms. The number of anilines is 1. The maximum atomic E-state index is 13.6. The molecule has 0 aliphatic carbocycles. The van der Waals surface area contributed by atoms with Crippen molar-refractivity contribution in [3.8, 4) is 5.75 Å². The molecule has 4 aromatic carbocycles. The van der Waals surface area contributed by atoms with Crippen molar-refractivity contribution in [2.75, 3.05) is 5.01 Å².